The predicted molar refractivity (Wildman–Crippen MR) is 123 cm³/mol. The van der Waals surface area contributed by atoms with Crippen LogP contribution in [0.2, 0.25) is 0 Å². The van der Waals surface area contributed by atoms with Gasteiger partial charge in [0.2, 0.25) is 0 Å². The molecule has 0 saturated carbocycles. The standard InChI is InChI=1S/C26H24O6S/c27-21-23(31-24(28)17-10-4-1-5-11-17)22-20(30-26(21)33-19-14-8-3-9-15-19)16-29-25(32-22)18-12-6-2-7-13-18/h1-15,20-23,25-27H,16H2/t20?,21?,22-,23?,25?,26+/m1/s1. The molecule has 33 heavy (non-hydrogen) atoms. The lowest BCUT2D eigenvalue weighted by Crippen LogP contribution is -2.62. The molecule has 0 radical (unpaired) electrons. The average Bonchev–Trinajstić information content (AvgIpc) is 2.88. The van der Waals surface area contributed by atoms with Crippen LogP contribution in [0.1, 0.15) is 22.2 Å². The van der Waals surface area contributed by atoms with Crippen molar-refractivity contribution in [3.05, 3.63) is 102 Å². The molecule has 0 aromatic heterocycles. The molecule has 3 aromatic rings. The molecule has 3 aromatic carbocycles. The third-order valence-corrected chi connectivity index (χ3v) is 6.79. The molecule has 4 unspecified atom stereocenters. The molecule has 0 amide bonds. The van der Waals surface area contributed by atoms with Crippen LogP contribution in [0.25, 0.3) is 0 Å². The number of hydrogen-bond acceptors (Lipinski definition) is 7. The summed E-state index contributed by atoms with van der Waals surface area (Å²) in [6.45, 7) is 0.252. The number of aliphatic hydroxyl groups excluding tert-OH is 1. The Morgan fingerprint density at radius 3 is 2.21 bits per heavy atom. The molecule has 1 N–H and O–H groups in total. The molecule has 5 rings (SSSR count). The number of esters is 1. The Bertz CT molecular complexity index is 1050. The predicted octanol–water partition coefficient (Wildman–Crippen LogP) is 4.20. The highest BCUT2D eigenvalue weighted by Gasteiger charge is 2.51. The number of fused-ring (bicyclic) bond motifs is 1. The summed E-state index contributed by atoms with van der Waals surface area (Å²) in [4.78, 5) is 13.8. The largest absolute Gasteiger partial charge is 0.453 e. The summed E-state index contributed by atoms with van der Waals surface area (Å²) in [5, 5.41) is 11.2. The van der Waals surface area contributed by atoms with Crippen LogP contribution < -0.4 is 0 Å². The first-order valence-electron chi connectivity index (χ1n) is 10.8. The maximum atomic E-state index is 12.9. The summed E-state index contributed by atoms with van der Waals surface area (Å²) in [7, 11) is 0. The fraction of sp³-hybridized carbons (Fsp3) is 0.269. The number of ether oxygens (including phenoxy) is 4. The summed E-state index contributed by atoms with van der Waals surface area (Å²) >= 11 is 1.38. The van der Waals surface area contributed by atoms with Gasteiger partial charge >= 0.3 is 5.97 Å². The topological polar surface area (TPSA) is 74.2 Å². The van der Waals surface area contributed by atoms with E-state index in [9.17, 15) is 9.90 Å². The van der Waals surface area contributed by atoms with E-state index < -0.39 is 42.1 Å². The lowest BCUT2D eigenvalue weighted by molar-refractivity contribution is -0.317. The molecule has 0 spiro atoms. The highest BCUT2D eigenvalue weighted by molar-refractivity contribution is 7.99. The van der Waals surface area contributed by atoms with E-state index in [2.05, 4.69) is 0 Å². The highest BCUT2D eigenvalue weighted by Crippen LogP contribution is 2.40. The molecule has 2 heterocycles. The van der Waals surface area contributed by atoms with E-state index in [4.69, 9.17) is 18.9 Å². The smallest absolute Gasteiger partial charge is 0.338 e. The molecule has 170 valence electrons. The number of aliphatic hydroxyl groups is 1. The quantitative estimate of drug-likeness (QED) is 0.567. The molecule has 2 aliphatic rings. The van der Waals surface area contributed by atoms with Gasteiger partial charge in [-0.25, -0.2) is 4.79 Å². The van der Waals surface area contributed by atoms with Gasteiger partial charge in [0.05, 0.1) is 12.2 Å². The van der Waals surface area contributed by atoms with Crippen molar-refractivity contribution in [2.75, 3.05) is 6.61 Å². The number of benzene rings is 3. The maximum Gasteiger partial charge on any atom is 0.338 e. The molecular weight excluding hydrogens is 440 g/mol. The van der Waals surface area contributed by atoms with E-state index in [0.29, 0.717) is 5.56 Å². The first-order valence-corrected chi connectivity index (χ1v) is 11.7. The first-order chi connectivity index (χ1) is 16.2. The van der Waals surface area contributed by atoms with Crippen LogP contribution in [0.5, 0.6) is 0 Å². The minimum Gasteiger partial charge on any atom is -0.453 e. The average molecular weight is 465 g/mol. The second kappa shape index (κ2) is 10.1. The van der Waals surface area contributed by atoms with Crippen molar-refractivity contribution < 1.29 is 28.8 Å². The van der Waals surface area contributed by atoms with E-state index in [1.807, 2.05) is 66.7 Å². The number of thioether (sulfide) groups is 1. The summed E-state index contributed by atoms with van der Waals surface area (Å²) in [5.41, 5.74) is 0.605. The Hall–Kier alpha value is -2.68. The van der Waals surface area contributed by atoms with Gasteiger partial charge in [-0.2, -0.15) is 0 Å². The highest BCUT2D eigenvalue weighted by atomic mass is 32.2. The minimum absolute atomic E-state index is 0.252. The Kier molecular flexibility index (Phi) is 6.75. The van der Waals surface area contributed by atoms with E-state index in [-0.39, 0.29) is 6.61 Å². The van der Waals surface area contributed by atoms with Gasteiger partial charge in [0.25, 0.3) is 0 Å². The molecule has 7 heteroatoms. The minimum atomic E-state index is -1.10. The summed E-state index contributed by atoms with van der Waals surface area (Å²) in [6, 6.07) is 27.9. The zero-order valence-electron chi connectivity index (χ0n) is 17.7. The number of rotatable bonds is 5. The van der Waals surface area contributed by atoms with E-state index in [1.165, 1.54) is 11.8 Å². The molecule has 2 saturated heterocycles. The number of carbonyl (C=O) groups is 1. The van der Waals surface area contributed by atoms with Gasteiger partial charge in [-0.05, 0) is 24.3 Å². The van der Waals surface area contributed by atoms with Crippen LogP contribution in [0, 0.1) is 0 Å². The fourth-order valence-electron chi connectivity index (χ4n) is 3.97. The van der Waals surface area contributed by atoms with E-state index in [0.717, 1.165) is 10.5 Å². The van der Waals surface area contributed by atoms with Crippen LogP contribution in [0.3, 0.4) is 0 Å². The second-order valence-corrected chi connectivity index (χ2v) is 9.05. The van der Waals surface area contributed by atoms with Crippen LogP contribution >= 0.6 is 11.8 Å². The number of carbonyl (C=O) groups excluding carboxylic acids is 1. The molecule has 2 fully saturated rings. The molecule has 0 aliphatic carbocycles. The van der Waals surface area contributed by atoms with Crippen molar-refractivity contribution in [2.45, 2.75) is 41.0 Å². The third kappa shape index (κ3) is 4.98. The van der Waals surface area contributed by atoms with Crippen molar-refractivity contribution in [2.24, 2.45) is 0 Å². The summed E-state index contributed by atoms with van der Waals surface area (Å²) in [5.74, 6) is -0.518. The normalized spacial score (nSPS) is 29.1. The SMILES string of the molecule is O=C(OC1C(O)[C@H](Sc2ccccc2)OC2COC(c3ccccc3)O[C@H]21)c1ccccc1. The van der Waals surface area contributed by atoms with Gasteiger partial charge in [0.15, 0.2) is 12.4 Å². The van der Waals surface area contributed by atoms with Crippen LogP contribution in [0.4, 0.5) is 0 Å². The van der Waals surface area contributed by atoms with Crippen LogP contribution in [-0.4, -0.2) is 47.5 Å². The Balaban J connectivity index is 1.40. The van der Waals surface area contributed by atoms with Gasteiger partial charge in [0, 0.05) is 10.5 Å². The van der Waals surface area contributed by atoms with Crippen molar-refractivity contribution in [3.63, 3.8) is 0 Å². The Morgan fingerprint density at radius 1 is 0.879 bits per heavy atom. The van der Waals surface area contributed by atoms with Crippen molar-refractivity contribution in [1.82, 2.24) is 0 Å². The van der Waals surface area contributed by atoms with Gasteiger partial charge in [-0.15, -0.1) is 0 Å². The fourth-order valence-corrected chi connectivity index (χ4v) is 5.05. The maximum absolute atomic E-state index is 12.9. The first kappa shape index (κ1) is 22.1. The van der Waals surface area contributed by atoms with Crippen molar-refractivity contribution >= 4 is 17.7 Å². The van der Waals surface area contributed by atoms with Crippen molar-refractivity contribution in [3.8, 4) is 0 Å². The summed E-state index contributed by atoms with van der Waals surface area (Å²) in [6.07, 6.45) is -3.84. The van der Waals surface area contributed by atoms with E-state index >= 15 is 0 Å². The monoisotopic (exact) mass is 464 g/mol. The van der Waals surface area contributed by atoms with Crippen LogP contribution in [-0.2, 0) is 18.9 Å². The van der Waals surface area contributed by atoms with Gasteiger partial charge < -0.3 is 24.1 Å². The van der Waals surface area contributed by atoms with Crippen molar-refractivity contribution in [1.29, 1.82) is 0 Å². The Labute approximate surface area is 196 Å². The van der Waals surface area contributed by atoms with Crippen LogP contribution in [0.15, 0.2) is 95.9 Å². The van der Waals surface area contributed by atoms with Gasteiger partial charge in [-0.1, -0.05) is 78.5 Å². The zero-order valence-corrected chi connectivity index (χ0v) is 18.5. The molecule has 6 nitrogen and oxygen atoms in total. The lowest BCUT2D eigenvalue weighted by Gasteiger charge is -2.47. The molecule has 6 atom stereocenters. The molecule has 0 bridgehead atoms. The van der Waals surface area contributed by atoms with Gasteiger partial charge in [-0.3, -0.25) is 0 Å². The zero-order chi connectivity index (χ0) is 22.6. The lowest BCUT2D eigenvalue weighted by atomic mass is 9.98. The molecular formula is C26H24O6S. The molecule has 2 aliphatic heterocycles. The summed E-state index contributed by atoms with van der Waals surface area (Å²) < 4.78 is 24.2. The number of hydrogen-bond donors (Lipinski definition) is 1. The van der Waals surface area contributed by atoms with E-state index in [1.54, 1.807) is 24.3 Å². The third-order valence-electron chi connectivity index (χ3n) is 5.63. The Morgan fingerprint density at radius 2 is 1.52 bits per heavy atom. The second-order valence-electron chi connectivity index (χ2n) is 7.88. The van der Waals surface area contributed by atoms with Gasteiger partial charge in [0.1, 0.15) is 23.7 Å².